The Morgan fingerprint density at radius 1 is 1.30 bits per heavy atom. The summed E-state index contributed by atoms with van der Waals surface area (Å²) in [5.74, 6) is 0.224. The van der Waals surface area contributed by atoms with Gasteiger partial charge in [0.05, 0.1) is 19.1 Å². The molecule has 2 atom stereocenters. The molecule has 20 heavy (non-hydrogen) atoms. The van der Waals surface area contributed by atoms with E-state index in [0.717, 1.165) is 11.1 Å². The highest BCUT2D eigenvalue weighted by Crippen LogP contribution is 2.32. The summed E-state index contributed by atoms with van der Waals surface area (Å²) in [6.45, 7) is 1.03. The Kier molecular flexibility index (Phi) is 4.22. The highest BCUT2D eigenvalue weighted by Gasteiger charge is 2.34. The number of aromatic nitrogens is 1. The molecule has 3 nitrogen and oxygen atoms in total. The van der Waals surface area contributed by atoms with Gasteiger partial charge < -0.3 is 9.47 Å². The van der Waals surface area contributed by atoms with Gasteiger partial charge in [-0.3, -0.25) is 4.98 Å². The average Bonchev–Trinajstić information content (AvgIpc) is 2.43. The van der Waals surface area contributed by atoms with Crippen LogP contribution < -0.4 is 0 Å². The van der Waals surface area contributed by atoms with Crippen molar-refractivity contribution in [1.82, 2.24) is 4.98 Å². The number of hydrogen-bond donors (Lipinski definition) is 0. The smallest absolute Gasteiger partial charge is 0.167 e. The van der Waals surface area contributed by atoms with Gasteiger partial charge in [0, 0.05) is 22.4 Å². The molecule has 1 aliphatic heterocycles. The quantitative estimate of drug-likeness (QED) is 0.854. The van der Waals surface area contributed by atoms with E-state index in [1.165, 1.54) is 0 Å². The largest absolute Gasteiger partial charge is 0.351 e. The topological polar surface area (TPSA) is 31.4 Å². The molecule has 0 saturated carbocycles. The lowest BCUT2D eigenvalue weighted by Gasteiger charge is -2.36. The first kappa shape index (κ1) is 13.8. The third kappa shape index (κ3) is 2.96. The van der Waals surface area contributed by atoms with E-state index in [9.17, 15) is 0 Å². The molecule has 1 saturated heterocycles. The normalized spacial score (nSPS) is 21.5. The molecular weight excluding hydrogens is 297 g/mol. The second-order valence-electron chi connectivity index (χ2n) is 4.64. The first-order valence-electron chi connectivity index (χ1n) is 6.31. The van der Waals surface area contributed by atoms with Crippen LogP contribution in [0.5, 0.6) is 0 Å². The van der Waals surface area contributed by atoms with Gasteiger partial charge in [-0.2, -0.15) is 0 Å². The third-order valence-corrected chi connectivity index (χ3v) is 3.90. The van der Waals surface area contributed by atoms with Gasteiger partial charge in [0.2, 0.25) is 0 Å². The Morgan fingerprint density at radius 3 is 2.90 bits per heavy atom. The van der Waals surface area contributed by atoms with Crippen LogP contribution in [0.25, 0.3) is 0 Å². The SMILES string of the molecule is Clc1ccc(Cl)c(COC2OCC2c2cccnc2)c1. The molecule has 1 fully saturated rings. The highest BCUT2D eigenvalue weighted by molar-refractivity contribution is 6.33. The molecule has 1 aliphatic rings. The Balaban J connectivity index is 1.63. The van der Waals surface area contributed by atoms with Crippen LogP contribution in [0.4, 0.5) is 0 Å². The van der Waals surface area contributed by atoms with Gasteiger partial charge in [0.1, 0.15) is 0 Å². The summed E-state index contributed by atoms with van der Waals surface area (Å²) in [5.41, 5.74) is 1.99. The van der Waals surface area contributed by atoms with E-state index in [-0.39, 0.29) is 12.2 Å². The van der Waals surface area contributed by atoms with Crippen LogP contribution in [0.1, 0.15) is 17.0 Å². The molecule has 3 rings (SSSR count). The molecular formula is C15H13Cl2NO2. The zero-order valence-electron chi connectivity index (χ0n) is 10.6. The minimum Gasteiger partial charge on any atom is -0.351 e. The maximum absolute atomic E-state index is 6.10. The number of rotatable bonds is 4. The molecule has 1 aromatic heterocycles. The lowest BCUT2D eigenvalue weighted by atomic mass is 9.97. The van der Waals surface area contributed by atoms with Crippen LogP contribution in [0.3, 0.4) is 0 Å². The van der Waals surface area contributed by atoms with Gasteiger partial charge in [0.25, 0.3) is 0 Å². The monoisotopic (exact) mass is 309 g/mol. The predicted molar refractivity (Wildman–Crippen MR) is 78.0 cm³/mol. The zero-order chi connectivity index (χ0) is 13.9. The number of hydrogen-bond acceptors (Lipinski definition) is 3. The van der Waals surface area contributed by atoms with Crippen molar-refractivity contribution in [2.75, 3.05) is 6.61 Å². The van der Waals surface area contributed by atoms with Crippen LogP contribution in [0.15, 0.2) is 42.7 Å². The molecule has 5 heteroatoms. The Labute approximate surface area is 127 Å². The summed E-state index contributed by atoms with van der Waals surface area (Å²) < 4.78 is 11.2. The lowest BCUT2D eigenvalue weighted by Crippen LogP contribution is -2.39. The molecule has 0 amide bonds. The van der Waals surface area contributed by atoms with E-state index in [0.29, 0.717) is 23.3 Å². The molecule has 1 aromatic carbocycles. The van der Waals surface area contributed by atoms with E-state index < -0.39 is 0 Å². The van der Waals surface area contributed by atoms with Crippen molar-refractivity contribution in [2.45, 2.75) is 18.8 Å². The fourth-order valence-corrected chi connectivity index (χ4v) is 2.48. The van der Waals surface area contributed by atoms with E-state index in [1.807, 2.05) is 24.4 Å². The van der Waals surface area contributed by atoms with Crippen molar-refractivity contribution in [1.29, 1.82) is 0 Å². The summed E-state index contributed by atoms with van der Waals surface area (Å²) in [7, 11) is 0. The maximum atomic E-state index is 6.10. The maximum Gasteiger partial charge on any atom is 0.167 e. The lowest BCUT2D eigenvalue weighted by molar-refractivity contribution is -0.238. The second-order valence-corrected chi connectivity index (χ2v) is 5.48. The summed E-state index contributed by atoms with van der Waals surface area (Å²) >= 11 is 12.1. The number of benzene rings is 1. The number of ether oxygens (including phenoxy) is 2. The van der Waals surface area contributed by atoms with Crippen molar-refractivity contribution >= 4 is 23.2 Å². The first-order chi connectivity index (χ1) is 9.74. The highest BCUT2D eigenvalue weighted by atomic mass is 35.5. The molecule has 0 radical (unpaired) electrons. The van der Waals surface area contributed by atoms with E-state index in [2.05, 4.69) is 4.98 Å². The summed E-state index contributed by atoms with van der Waals surface area (Å²) in [6.07, 6.45) is 3.34. The van der Waals surface area contributed by atoms with Crippen molar-refractivity contribution in [3.8, 4) is 0 Å². The van der Waals surface area contributed by atoms with Crippen molar-refractivity contribution in [3.63, 3.8) is 0 Å². The number of halogens is 2. The predicted octanol–water partition coefficient (Wildman–Crippen LogP) is 4.05. The molecule has 2 aromatic rings. The summed E-state index contributed by atoms with van der Waals surface area (Å²) in [6, 6.07) is 9.28. The van der Waals surface area contributed by atoms with Gasteiger partial charge in [-0.05, 0) is 35.4 Å². The van der Waals surface area contributed by atoms with Crippen molar-refractivity contribution in [2.24, 2.45) is 0 Å². The minimum absolute atomic E-state index is 0.224. The summed E-state index contributed by atoms with van der Waals surface area (Å²) in [5, 5.41) is 1.29. The van der Waals surface area contributed by atoms with Crippen LogP contribution in [0, 0.1) is 0 Å². The Morgan fingerprint density at radius 2 is 2.20 bits per heavy atom. The van der Waals surface area contributed by atoms with E-state index in [4.69, 9.17) is 32.7 Å². The first-order valence-corrected chi connectivity index (χ1v) is 7.06. The van der Waals surface area contributed by atoms with Crippen LogP contribution >= 0.6 is 23.2 Å². The van der Waals surface area contributed by atoms with Crippen LogP contribution in [-0.4, -0.2) is 17.9 Å². The molecule has 0 aliphatic carbocycles. The van der Waals surface area contributed by atoms with Gasteiger partial charge in [-0.1, -0.05) is 29.3 Å². The fourth-order valence-electron chi connectivity index (χ4n) is 2.11. The molecule has 2 unspecified atom stereocenters. The standard InChI is InChI=1S/C15H13Cl2NO2/c16-12-3-4-14(17)11(6-12)8-19-15-13(9-20-15)10-2-1-5-18-7-10/h1-7,13,15H,8-9H2. The molecule has 0 N–H and O–H groups in total. The van der Waals surface area contributed by atoms with Crippen LogP contribution in [0.2, 0.25) is 10.0 Å². The van der Waals surface area contributed by atoms with E-state index >= 15 is 0 Å². The van der Waals surface area contributed by atoms with Gasteiger partial charge in [-0.25, -0.2) is 0 Å². The molecule has 0 bridgehead atoms. The number of pyridine rings is 1. The molecule has 0 spiro atoms. The fraction of sp³-hybridized carbons (Fsp3) is 0.267. The minimum atomic E-state index is -0.255. The number of nitrogens with zero attached hydrogens (tertiary/aromatic N) is 1. The molecule has 104 valence electrons. The summed E-state index contributed by atoms with van der Waals surface area (Å²) in [4.78, 5) is 4.12. The van der Waals surface area contributed by atoms with Crippen LogP contribution in [-0.2, 0) is 16.1 Å². The average molecular weight is 310 g/mol. The van der Waals surface area contributed by atoms with Crippen molar-refractivity contribution < 1.29 is 9.47 Å². The van der Waals surface area contributed by atoms with Gasteiger partial charge in [-0.15, -0.1) is 0 Å². The van der Waals surface area contributed by atoms with Gasteiger partial charge in [0.15, 0.2) is 6.29 Å². The van der Waals surface area contributed by atoms with E-state index in [1.54, 1.807) is 18.3 Å². The third-order valence-electron chi connectivity index (χ3n) is 3.29. The molecule has 2 heterocycles. The Bertz CT molecular complexity index is 592. The van der Waals surface area contributed by atoms with Gasteiger partial charge >= 0.3 is 0 Å². The van der Waals surface area contributed by atoms with Crippen molar-refractivity contribution in [3.05, 3.63) is 63.9 Å². The zero-order valence-corrected chi connectivity index (χ0v) is 12.1. The second kappa shape index (κ2) is 6.10. The Hall–Kier alpha value is -1.13.